The Bertz CT molecular complexity index is 964. The van der Waals surface area contributed by atoms with E-state index in [1.807, 2.05) is 0 Å². The molecule has 2 aromatic carbocycles. The second-order valence-electron chi connectivity index (χ2n) is 5.79. The third kappa shape index (κ3) is 4.73. The third-order valence-corrected chi connectivity index (χ3v) is 3.94. The largest absolute Gasteiger partial charge is 0.497 e. The van der Waals surface area contributed by atoms with Crippen molar-refractivity contribution in [1.82, 2.24) is 9.97 Å². The fourth-order valence-corrected chi connectivity index (χ4v) is 2.47. The number of rotatable bonds is 7. The fraction of sp³-hybridized carbons (Fsp3) is 0.150. The molecular formula is C20H19FN4O3. The van der Waals surface area contributed by atoms with Crippen LogP contribution in [-0.4, -0.2) is 30.1 Å². The van der Waals surface area contributed by atoms with E-state index in [1.165, 1.54) is 38.7 Å². The molecule has 0 fully saturated rings. The van der Waals surface area contributed by atoms with E-state index in [4.69, 9.17) is 9.47 Å². The molecule has 0 saturated heterocycles. The molecule has 0 atom stereocenters. The summed E-state index contributed by atoms with van der Waals surface area (Å²) in [6, 6.07) is 12.7. The van der Waals surface area contributed by atoms with Gasteiger partial charge < -0.3 is 20.1 Å². The normalized spacial score (nSPS) is 10.2. The number of nitrogens with one attached hydrogen (secondary N) is 2. The van der Waals surface area contributed by atoms with Gasteiger partial charge in [-0.05, 0) is 29.8 Å². The van der Waals surface area contributed by atoms with Crippen molar-refractivity contribution < 1.29 is 18.7 Å². The Kier molecular flexibility index (Phi) is 6.01. The van der Waals surface area contributed by atoms with Gasteiger partial charge in [-0.2, -0.15) is 0 Å². The summed E-state index contributed by atoms with van der Waals surface area (Å²) in [5, 5.41) is 5.84. The van der Waals surface area contributed by atoms with Crippen LogP contribution in [0.1, 0.15) is 16.1 Å². The number of carbonyl (C=O) groups is 1. The number of halogens is 1. The summed E-state index contributed by atoms with van der Waals surface area (Å²) < 4.78 is 23.4. The van der Waals surface area contributed by atoms with Gasteiger partial charge in [0, 0.05) is 18.7 Å². The van der Waals surface area contributed by atoms with Crippen molar-refractivity contribution in [2.75, 3.05) is 24.9 Å². The quantitative estimate of drug-likeness (QED) is 0.651. The molecule has 1 amide bonds. The Labute approximate surface area is 161 Å². The van der Waals surface area contributed by atoms with Gasteiger partial charge in [-0.15, -0.1) is 0 Å². The van der Waals surface area contributed by atoms with Crippen molar-refractivity contribution in [3.05, 3.63) is 71.9 Å². The smallest absolute Gasteiger partial charge is 0.274 e. The number of anilines is 2. The van der Waals surface area contributed by atoms with Gasteiger partial charge in [0.05, 0.1) is 19.9 Å². The van der Waals surface area contributed by atoms with E-state index in [0.717, 1.165) is 5.56 Å². The zero-order valence-corrected chi connectivity index (χ0v) is 15.4. The topological polar surface area (TPSA) is 85.4 Å². The van der Waals surface area contributed by atoms with Gasteiger partial charge in [0.2, 0.25) is 0 Å². The molecule has 144 valence electrons. The number of hydrogen-bond acceptors (Lipinski definition) is 6. The van der Waals surface area contributed by atoms with Gasteiger partial charge in [0.1, 0.15) is 35.2 Å². The Balaban J connectivity index is 1.71. The van der Waals surface area contributed by atoms with Gasteiger partial charge in [-0.3, -0.25) is 4.79 Å². The molecule has 3 rings (SSSR count). The van der Waals surface area contributed by atoms with Crippen LogP contribution >= 0.6 is 0 Å². The summed E-state index contributed by atoms with van der Waals surface area (Å²) in [5.74, 6) is 0.844. The number of nitrogens with zero attached hydrogens (tertiary/aromatic N) is 2. The summed E-state index contributed by atoms with van der Waals surface area (Å²) in [6.45, 7) is 0.433. The molecule has 3 aromatic rings. The number of methoxy groups -OCH3 is 2. The molecule has 0 aliphatic rings. The number of ether oxygens (including phenoxy) is 2. The van der Waals surface area contributed by atoms with Gasteiger partial charge in [0.15, 0.2) is 0 Å². The molecule has 1 aromatic heterocycles. The summed E-state index contributed by atoms with van der Waals surface area (Å²) in [6.07, 6.45) is 1.30. The Morgan fingerprint density at radius 1 is 1.04 bits per heavy atom. The molecule has 28 heavy (non-hydrogen) atoms. The highest BCUT2D eigenvalue weighted by Crippen LogP contribution is 2.29. The van der Waals surface area contributed by atoms with Crippen LogP contribution in [0, 0.1) is 5.82 Å². The monoisotopic (exact) mass is 382 g/mol. The highest BCUT2D eigenvalue weighted by Gasteiger charge is 2.13. The van der Waals surface area contributed by atoms with Crippen LogP contribution in [0.4, 0.5) is 15.9 Å². The minimum Gasteiger partial charge on any atom is -0.497 e. The third-order valence-electron chi connectivity index (χ3n) is 3.94. The highest BCUT2D eigenvalue weighted by atomic mass is 19.1. The van der Waals surface area contributed by atoms with Crippen LogP contribution in [0.25, 0.3) is 0 Å². The highest BCUT2D eigenvalue weighted by molar-refractivity contribution is 6.04. The zero-order valence-electron chi connectivity index (χ0n) is 15.4. The Hall–Kier alpha value is -3.68. The summed E-state index contributed by atoms with van der Waals surface area (Å²) in [5.41, 5.74) is 1.53. The van der Waals surface area contributed by atoms with Crippen LogP contribution in [0.2, 0.25) is 0 Å². The van der Waals surface area contributed by atoms with Crippen molar-refractivity contribution in [2.45, 2.75) is 6.54 Å². The fourth-order valence-electron chi connectivity index (χ4n) is 2.47. The zero-order chi connectivity index (χ0) is 19.9. The molecule has 8 heteroatoms. The van der Waals surface area contributed by atoms with E-state index in [1.54, 1.807) is 30.3 Å². The Morgan fingerprint density at radius 3 is 2.54 bits per heavy atom. The van der Waals surface area contributed by atoms with Gasteiger partial charge >= 0.3 is 0 Å². The lowest BCUT2D eigenvalue weighted by atomic mass is 10.2. The maximum atomic E-state index is 13.0. The average molecular weight is 382 g/mol. The van der Waals surface area contributed by atoms with E-state index in [0.29, 0.717) is 29.5 Å². The van der Waals surface area contributed by atoms with Crippen LogP contribution in [0.15, 0.2) is 54.9 Å². The van der Waals surface area contributed by atoms with E-state index in [-0.39, 0.29) is 11.5 Å². The summed E-state index contributed by atoms with van der Waals surface area (Å²) in [4.78, 5) is 20.7. The van der Waals surface area contributed by atoms with Crippen molar-refractivity contribution >= 4 is 17.4 Å². The first-order chi connectivity index (χ1) is 13.6. The number of carbonyl (C=O) groups excluding carboxylic acids is 1. The molecule has 0 aliphatic heterocycles. The maximum Gasteiger partial charge on any atom is 0.274 e. The van der Waals surface area contributed by atoms with Crippen LogP contribution in [0.5, 0.6) is 11.5 Å². The van der Waals surface area contributed by atoms with E-state index >= 15 is 0 Å². The van der Waals surface area contributed by atoms with Crippen LogP contribution in [-0.2, 0) is 6.54 Å². The van der Waals surface area contributed by atoms with E-state index in [9.17, 15) is 9.18 Å². The molecule has 2 N–H and O–H groups in total. The predicted octanol–water partition coefficient (Wildman–Crippen LogP) is 3.50. The van der Waals surface area contributed by atoms with Crippen LogP contribution in [0.3, 0.4) is 0 Å². The van der Waals surface area contributed by atoms with Gasteiger partial charge in [-0.1, -0.05) is 12.1 Å². The average Bonchev–Trinajstić information content (AvgIpc) is 2.73. The molecule has 0 radical (unpaired) electrons. The lowest BCUT2D eigenvalue weighted by molar-refractivity contribution is 0.102. The van der Waals surface area contributed by atoms with Crippen molar-refractivity contribution in [3.8, 4) is 11.5 Å². The molecule has 7 nitrogen and oxygen atoms in total. The number of hydrogen-bond donors (Lipinski definition) is 2. The lowest BCUT2D eigenvalue weighted by Gasteiger charge is -2.12. The number of aromatic nitrogens is 2. The first-order valence-corrected chi connectivity index (χ1v) is 8.43. The van der Waals surface area contributed by atoms with Gasteiger partial charge in [-0.25, -0.2) is 14.4 Å². The van der Waals surface area contributed by atoms with E-state index < -0.39 is 5.91 Å². The molecular weight excluding hydrogens is 363 g/mol. The van der Waals surface area contributed by atoms with Crippen LogP contribution < -0.4 is 20.1 Å². The molecule has 0 saturated carbocycles. The predicted molar refractivity (Wildman–Crippen MR) is 103 cm³/mol. The van der Waals surface area contributed by atoms with Gasteiger partial charge in [0.25, 0.3) is 5.91 Å². The minimum absolute atomic E-state index is 0.182. The van der Waals surface area contributed by atoms with Crippen molar-refractivity contribution in [2.24, 2.45) is 0 Å². The second-order valence-corrected chi connectivity index (χ2v) is 5.79. The number of benzene rings is 2. The first kappa shape index (κ1) is 19.1. The molecule has 0 spiro atoms. The molecule has 0 aliphatic carbocycles. The minimum atomic E-state index is -0.418. The molecule has 1 heterocycles. The standard InChI is InChI=1S/C20H19FN4O3/c1-27-15-7-8-18(28-2)16(9-15)25-20(26)17-10-19(24-12-23-17)22-11-13-3-5-14(21)6-4-13/h3-10,12H,11H2,1-2H3,(H,25,26)(H,22,23,24). The summed E-state index contributed by atoms with van der Waals surface area (Å²) in [7, 11) is 3.05. The Morgan fingerprint density at radius 2 is 1.82 bits per heavy atom. The van der Waals surface area contributed by atoms with E-state index in [2.05, 4.69) is 20.6 Å². The first-order valence-electron chi connectivity index (χ1n) is 8.43. The molecule has 0 unspecified atom stereocenters. The van der Waals surface area contributed by atoms with Crippen molar-refractivity contribution in [1.29, 1.82) is 0 Å². The SMILES string of the molecule is COc1ccc(OC)c(NC(=O)c2cc(NCc3ccc(F)cc3)ncn2)c1. The van der Waals surface area contributed by atoms with Crippen molar-refractivity contribution in [3.63, 3.8) is 0 Å². The lowest BCUT2D eigenvalue weighted by Crippen LogP contribution is -2.15. The molecule has 0 bridgehead atoms. The summed E-state index contributed by atoms with van der Waals surface area (Å²) >= 11 is 0. The second kappa shape index (κ2) is 8.81. The maximum absolute atomic E-state index is 13.0. The number of amides is 1.